The van der Waals surface area contributed by atoms with E-state index >= 15 is 0 Å². The van der Waals surface area contributed by atoms with Crippen molar-refractivity contribution in [2.45, 2.75) is 0 Å². The molecule has 0 saturated heterocycles. The van der Waals surface area contributed by atoms with Gasteiger partial charge in [0.1, 0.15) is 16.7 Å². The van der Waals surface area contributed by atoms with Crippen LogP contribution in [0.4, 0.5) is 0 Å². The SMILES string of the molecule is c1ccc(-c2c3ccccc3c(-c3ccc(-c4cccc5oc6ccc7c(-c8ccccc8)coc7c6c45)cc3)c3ccccc23)cc1. The highest BCUT2D eigenvalue weighted by molar-refractivity contribution is 6.23. The van der Waals surface area contributed by atoms with Crippen LogP contribution in [0.3, 0.4) is 0 Å². The fourth-order valence-corrected chi connectivity index (χ4v) is 7.65. The minimum atomic E-state index is 0.826. The van der Waals surface area contributed by atoms with Crippen LogP contribution in [0.5, 0.6) is 0 Å². The molecule has 2 heteroatoms. The van der Waals surface area contributed by atoms with Gasteiger partial charge in [0, 0.05) is 16.3 Å². The van der Waals surface area contributed by atoms with Crippen LogP contribution >= 0.6 is 0 Å². The Morgan fingerprint density at radius 1 is 0.312 bits per heavy atom. The standard InChI is InChI=1S/C46H28O2/c1-3-12-29(13-4-1)39-28-47-46-38(39)26-27-41-45(46)44-33(20-11-21-40(44)48-41)30-22-24-32(25-23-30)43-36-18-9-7-16-34(36)42(31-14-5-2-6-15-31)35-17-8-10-19-37(35)43/h1-28H. The summed E-state index contributed by atoms with van der Waals surface area (Å²) in [6.07, 6.45) is 1.87. The Balaban J connectivity index is 1.17. The summed E-state index contributed by atoms with van der Waals surface area (Å²) >= 11 is 0. The maximum Gasteiger partial charge on any atom is 0.146 e. The van der Waals surface area contributed by atoms with E-state index < -0.39 is 0 Å². The summed E-state index contributed by atoms with van der Waals surface area (Å²) in [4.78, 5) is 0. The van der Waals surface area contributed by atoms with Crippen molar-refractivity contribution in [1.29, 1.82) is 0 Å². The van der Waals surface area contributed by atoms with E-state index in [0.717, 1.165) is 55.2 Å². The molecule has 2 aromatic heterocycles. The summed E-state index contributed by atoms with van der Waals surface area (Å²) in [5.74, 6) is 0. The van der Waals surface area contributed by atoms with Crippen molar-refractivity contribution in [2.24, 2.45) is 0 Å². The molecule has 0 radical (unpaired) electrons. The van der Waals surface area contributed by atoms with Gasteiger partial charge in [-0.3, -0.25) is 0 Å². The molecule has 0 amide bonds. The van der Waals surface area contributed by atoms with E-state index in [0.29, 0.717) is 0 Å². The first-order valence-corrected chi connectivity index (χ1v) is 16.3. The lowest BCUT2D eigenvalue weighted by Crippen LogP contribution is -1.90. The molecule has 10 aromatic rings. The van der Waals surface area contributed by atoms with Crippen molar-refractivity contribution < 1.29 is 8.83 Å². The molecule has 2 heterocycles. The fraction of sp³-hybridized carbons (Fsp3) is 0. The smallest absolute Gasteiger partial charge is 0.146 e. The number of hydrogen-bond donors (Lipinski definition) is 0. The van der Waals surface area contributed by atoms with Crippen LogP contribution in [0, 0.1) is 0 Å². The average Bonchev–Trinajstić information content (AvgIpc) is 3.76. The molecule has 10 rings (SSSR count). The molecule has 0 N–H and O–H groups in total. The second-order valence-electron chi connectivity index (χ2n) is 12.4. The van der Waals surface area contributed by atoms with Gasteiger partial charge in [0.05, 0.1) is 11.6 Å². The van der Waals surface area contributed by atoms with Crippen molar-refractivity contribution in [3.63, 3.8) is 0 Å². The van der Waals surface area contributed by atoms with E-state index in [1.165, 1.54) is 43.8 Å². The molecule has 48 heavy (non-hydrogen) atoms. The zero-order valence-corrected chi connectivity index (χ0v) is 26.0. The van der Waals surface area contributed by atoms with E-state index in [-0.39, 0.29) is 0 Å². The summed E-state index contributed by atoms with van der Waals surface area (Å²) in [6.45, 7) is 0. The zero-order chi connectivity index (χ0) is 31.6. The molecule has 0 saturated carbocycles. The molecule has 0 unspecified atom stereocenters. The molecule has 0 spiro atoms. The molecule has 224 valence electrons. The summed E-state index contributed by atoms with van der Waals surface area (Å²) in [6, 6.07) is 58.3. The van der Waals surface area contributed by atoms with Gasteiger partial charge in [-0.05, 0) is 78.7 Å². The number of fused-ring (bicyclic) bond motifs is 7. The van der Waals surface area contributed by atoms with E-state index in [4.69, 9.17) is 8.83 Å². The third kappa shape index (κ3) is 4.00. The molecule has 8 aromatic carbocycles. The number of benzene rings is 8. The molecule has 0 aliphatic heterocycles. The quantitative estimate of drug-likeness (QED) is 0.185. The minimum Gasteiger partial charge on any atom is -0.463 e. The maximum absolute atomic E-state index is 6.41. The first-order chi connectivity index (χ1) is 23.8. The minimum absolute atomic E-state index is 0.826. The van der Waals surface area contributed by atoms with E-state index in [2.05, 4.69) is 152 Å². The van der Waals surface area contributed by atoms with E-state index in [9.17, 15) is 0 Å². The molecular weight excluding hydrogens is 585 g/mol. The average molecular weight is 613 g/mol. The van der Waals surface area contributed by atoms with Gasteiger partial charge in [-0.15, -0.1) is 0 Å². The largest absolute Gasteiger partial charge is 0.463 e. The Hall–Kier alpha value is -6.38. The summed E-state index contributed by atoms with van der Waals surface area (Å²) in [5.41, 5.74) is 12.0. The first-order valence-electron chi connectivity index (χ1n) is 16.3. The van der Waals surface area contributed by atoms with Crippen LogP contribution in [0.2, 0.25) is 0 Å². The van der Waals surface area contributed by atoms with Gasteiger partial charge < -0.3 is 8.83 Å². The zero-order valence-electron chi connectivity index (χ0n) is 26.0. The first kappa shape index (κ1) is 26.8. The molecule has 0 aliphatic carbocycles. The highest BCUT2D eigenvalue weighted by Crippen LogP contribution is 2.46. The van der Waals surface area contributed by atoms with Gasteiger partial charge in [0.25, 0.3) is 0 Å². The second-order valence-corrected chi connectivity index (χ2v) is 12.4. The molecule has 0 aliphatic rings. The van der Waals surface area contributed by atoms with Gasteiger partial charge in [0.15, 0.2) is 0 Å². The summed E-state index contributed by atoms with van der Waals surface area (Å²) in [5, 5.41) is 8.18. The lowest BCUT2D eigenvalue weighted by atomic mass is 9.85. The van der Waals surface area contributed by atoms with Crippen molar-refractivity contribution in [1.82, 2.24) is 0 Å². The van der Waals surface area contributed by atoms with Gasteiger partial charge in [0.2, 0.25) is 0 Å². The van der Waals surface area contributed by atoms with Crippen LogP contribution in [-0.2, 0) is 0 Å². The Morgan fingerprint density at radius 3 is 1.44 bits per heavy atom. The summed E-state index contributed by atoms with van der Waals surface area (Å²) in [7, 11) is 0. The molecule has 2 nitrogen and oxygen atoms in total. The van der Waals surface area contributed by atoms with E-state index in [1.807, 2.05) is 18.4 Å². The predicted molar refractivity (Wildman–Crippen MR) is 200 cm³/mol. The number of furan rings is 2. The van der Waals surface area contributed by atoms with Crippen molar-refractivity contribution >= 4 is 54.5 Å². The van der Waals surface area contributed by atoms with Crippen molar-refractivity contribution in [2.75, 3.05) is 0 Å². The van der Waals surface area contributed by atoms with Crippen LogP contribution in [0.15, 0.2) is 179 Å². The highest BCUT2D eigenvalue weighted by Gasteiger charge is 2.20. The fourth-order valence-electron chi connectivity index (χ4n) is 7.65. The van der Waals surface area contributed by atoms with Gasteiger partial charge in [-0.25, -0.2) is 0 Å². The normalized spacial score (nSPS) is 11.8. The molecule has 0 atom stereocenters. The van der Waals surface area contributed by atoms with Crippen LogP contribution in [0.25, 0.3) is 99.0 Å². The topological polar surface area (TPSA) is 26.3 Å². The predicted octanol–water partition coefficient (Wildman–Crippen LogP) is 13.3. The van der Waals surface area contributed by atoms with Gasteiger partial charge in [-0.1, -0.05) is 146 Å². The monoisotopic (exact) mass is 612 g/mol. The Morgan fingerprint density at radius 2 is 0.812 bits per heavy atom. The third-order valence-electron chi connectivity index (χ3n) is 9.76. The number of rotatable bonds is 4. The van der Waals surface area contributed by atoms with Crippen LogP contribution < -0.4 is 0 Å². The summed E-state index contributed by atoms with van der Waals surface area (Å²) < 4.78 is 12.7. The Kier molecular flexibility index (Phi) is 5.91. The molecule has 0 bridgehead atoms. The Bertz CT molecular complexity index is 2750. The van der Waals surface area contributed by atoms with Gasteiger partial charge in [-0.2, -0.15) is 0 Å². The van der Waals surface area contributed by atoms with Crippen molar-refractivity contribution in [3.05, 3.63) is 170 Å². The number of hydrogen-bond acceptors (Lipinski definition) is 2. The second kappa shape index (κ2) is 10.6. The maximum atomic E-state index is 6.41. The van der Waals surface area contributed by atoms with E-state index in [1.54, 1.807) is 0 Å². The lowest BCUT2D eigenvalue weighted by molar-refractivity contribution is 0.619. The van der Waals surface area contributed by atoms with Crippen LogP contribution in [0.1, 0.15) is 0 Å². The van der Waals surface area contributed by atoms with Crippen molar-refractivity contribution in [3.8, 4) is 44.5 Å². The van der Waals surface area contributed by atoms with Crippen LogP contribution in [-0.4, -0.2) is 0 Å². The molecule has 0 fully saturated rings. The molecular formula is C46H28O2. The third-order valence-corrected chi connectivity index (χ3v) is 9.76. The Labute approximate surface area is 277 Å². The van der Waals surface area contributed by atoms with Gasteiger partial charge >= 0.3 is 0 Å². The lowest BCUT2D eigenvalue weighted by Gasteiger charge is -2.18. The highest BCUT2D eigenvalue weighted by atomic mass is 16.3.